The molecule has 2 N–H and O–H groups in total. The smallest absolute Gasteiger partial charge is 0.312 e. The maximum absolute atomic E-state index is 11.5. The molecule has 1 rings (SSSR count). The standard InChI is InChI=1S/C15H22N2O3/c1-11(14(18)16-2)9-17(3)10-13(15(19)20)12-7-5-4-6-8-12/h4-8,11,13H,9-10H2,1-3H3,(H,16,18)(H,19,20). The van der Waals surface area contributed by atoms with Crippen LogP contribution in [0.25, 0.3) is 0 Å². The van der Waals surface area contributed by atoms with Crippen molar-refractivity contribution in [3.05, 3.63) is 35.9 Å². The number of nitrogens with zero attached hydrogens (tertiary/aromatic N) is 1. The van der Waals surface area contributed by atoms with Gasteiger partial charge in [0.25, 0.3) is 0 Å². The molecular weight excluding hydrogens is 256 g/mol. The highest BCUT2D eigenvalue weighted by atomic mass is 16.4. The monoisotopic (exact) mass is 278 g/mol. The van der Waals surface area contributed by atoms with E-state index in [0.717, 1.165) is 5.56 Å². The molecular formula is C15H22N2O3. The number of nitrogens with one attached hydrogen (secondary N) is 1. The van der Waals surface area contributed by atoms with Gasteiger partial charge in [-0.05, 0) is 12.6 Å². The van der Waals surface area contributed by atoms with Gasteiger partial charge in [-0.3, -0.25) is 9.59 Å². The minimum absolute atomic E-state index is 0.0385. The number of hydrogen-bond acceptors (Lipinski definition) is 3. The van der Waals surface area contributed by atoms with Crippen molar-refractivity contribution >= 4 is 11.9 Å². The summed E-state index contributed by atoms with van der Waals surface area (Å²) in [7, 11) is 3.43. The van der Waals surface area contributed by atoms with Crippen molar-refractivity contribution in [2.45, 2.75) is 12.8 Å². The van der Waals surface area contributed by atoms with Gasteiger partial charge in [-0.15, -0.1) is 0 Å². The zero-order valence-electron chi connectivity index (χ0n) is 12.2. The topological polar surface area (TPSA) is 69.6 Å². The maximum atomic E-state index is 11.5. The fraction of sp³-hybridized carbons (Fsp3) is 0.467. The Morgan fingerprint density at radius 1 is 1.25 bits per heavy atom. The molecule has 110 valence electrons. The van der Waals surface area contributed by atoms with E-state index in [4.69, 9.17) is 0 Å². The van der Waals surface area contributed by atoms with Crippen LogP contribution in [-0.4, -0.2) is 49.1 Å². The molecule has 1 amide bonds. The largest absolute Gasteiger partial charge is 0.481 e. The Morgan fingerprint density at radius 3 is 2.35 bits per heavy atom. The van der Waals surface area contributed by atoms with Crippen LogP contribution in [0, 0.1) is 5.92 Å². The normalized spacial score (nSPS) is 13.8. The number of aliphatic carboxylic acids is 1. The van der Waals surface area contributed by atoms with Crippen molar-refractivity contribution in [1.29, 1.82) is 0 Å². The molecule has 0 heterocycles. The molecule has 20 heavy (non-hydrogen) atoms. The van der Waals surface area contributed by atoms with Crippen molar-refractivity contribution in [3.8, 4) is 0 Å². The van der Waals surface area contributed by atoms with Crippen LogP contribution in [0.1, 0.15) is 18.4 Å². The number of carboxylic acids is 1. The molecule has 2 unspecified atom stereocenters. The lowest BCUT2D eigenvalue weighted by Crippen LogP contribution is -2.37. The Hall–Kier alpha value is -1.88. The first-order valence-corrected chi connectivity index (χ1v) is 6.63. The maximum Gasteiger partial charge on any atom is 0.312 e. The molecule has 5 heteroatoms. The Bertz CT molecular complexity index is 448. The van der Waals surface area contributed by atoms with Crippen LogP contribution in [0.3, 0.4) is 0 Å². The van der Waals surface area contributed by atoms with Crippen molar-refractivity contribution in [3.63, 3.8) is 0 Å². The second-order valence-corrected chi connectivity index (χ2v) is 5.04. The number of carboxylic acid groups (broad SMARTS) is 1. The SMILES string of the molecule is CNC(=O)C(C)CN(C)CC(C(=O)O)c1ccccc1. The molecule has 0 aromatic heterocycles. The lowest BCUT2D eigenvalue weighted by Gasteiger charge is -2.24. The fourth-order valence-corrected chi connectivity index (χ4v) is 2.19. The van der Waals surface area contributed by atoms with E-state index in [0.29, 0.717) is 13.1 Å². The van der Waals surface area contributed by atoms with Crippen LogP contribution in [0.4, 0.5) is 0 Å². The van der Waals surface area contributed by atoms with E-state index in [1.165, 1.54) is 0 Å². The first-order valence-electron chi connectivity index (χ1n) is 6.63. The number of likely N-dealkylation sites (N-methyl/N-ethyl adjacent to an activating group) is 1. The summed E-state index contributed by atoms with van der Waals surface area (Å²) in [6.07, 6.45) is 0. The zero-order valence-corrected chi connectivity index (χ0v) is 12.2. The van der Waals surface area contributed by atoms with Crippen molar-refractivity contribution < 1.29 is 14.7 Å². The van der Waals surface area contributed by atoms with Crippen LogP contribution < -0.4 is 5.32 Å². The third kappa shape index (κ3) is 4.66. The van der Waals surface area contributed by atoms with Crippen molar-refractivity contribution in [2.75, 3.05) is 27.2 Å². The summed E-state index contributed by atoms with van der Waals surface area (Å²) in [5, 5.41) is 12.0. The summed E-state index contributed by atoms with van der Waals surface area (Å²) in [4.78, 5) is 24.8. The number of rotatable bonds is 7. The molecule has 0 aliphatic carbocycles. The Morgan fingerprint density at radius 2 is 1.85 bits per heavy atom. The summed E-state index contributed by atoms with van der Waals surface area (Å²) < 4.78 is 0. The van der Waals surface area contributed by atoms with Gasteiger partial charge in [0.15, 0.2) is 0 Å². The molecule has 1 aromatic rings. The van der Waals surface area contributed by atoms with Gasteiger partial charge < -0.3 is 15.3 Å². The van der Waals surface area contributed by atoms with Gasteiger partial charge in [0.2, 0.25) is 5.91 Å². The first-order chi connectivity index (χ1) is 9.45. The Labute approximate surface area is 119 Å². The number of benzene rings is 1. The molecule has 2 atom stereocenters. The van der Waals surface area contributed by atoms with Gasteiger partial charge in [0.05, 0.1) is 5.92 Å². The van der Waals surface area contributed by atoms with E-state index >= 15 is 0 Å². The summed E-state index contributed by atoms with van der Waals surface area (Å²) in [6, 6.07) is 9.15. The first kappa shape index (κ1) is 16.2. The molecule has 5 nitrogen and oxygen atoms in total. The molecule has 0 fully saturated rings. The predicted molar refractivity (Wildman–Crippen MR) is 77.5 cm³/mol. The predicted octanol–water partition coefficient (Wildman–Crippen LogP) is 1.17. The second kappa shape index (κ2) is 7.65. The van der Waals surface area contributed by atoms with Gasteiger partial charge in [-0.2, -0.15) is 0 Å². The number of carbonyl (C=O) groups is 2. The summed E-state index contributed by atoms with van der Waals surface area (Å²) in [6.45, 7) is 2.73. The van der Waals surface area contributed by atoms with Gasteiger partial charge in [0, 0.05) is 26.1 Å². The van der Waals surface area contributed by atoms with Gasteiger partial charge in [-0.25, -0.2) is 0 Å². The van der Waals surface area contributed by atoms with E-state index < -0.39 is 11.9 Å². The molecule has 0 aliphatic rings. The van der Waals surface area contributed by atoms with Gasteiger partial charge >= 0.3 is 5.97 Å². The van der Waals surface area contributed by atoms with Gasteiger partial charge in [-0.1, -0.05) is 37.3 Å². The third-order valence-electron chi connectivity index (χ3n) is 3.27. The number of carbonyl (C=O) groups excluding carboxylic acids is 1. The highest BCUT2D eigenvalue weighted by Crippen LogP contribution is 2.17. The molecule has 0 saturated heterocycles. The van der Waals surface area contributed by atoms with Crippen LogP contribution >= 0.6 is 0 Å². The van der Waals surface area contributed by atoms with E-state index in [-0.39, 0.29) is 11.8 Å². The minimum atomic E-state index is -0.851. The van der Waals surface area contributed by atoms with Crippen molar-refractivity contribution in [2.24, 2.45) is 5.92 Å². The Kier molecular flexibility index (Phi) is 6.18. The summed E-state index contributed by atoms with van der Waals surface area (Å²) >= 11 is 0. The third-order valence-corrected chi connectivity index (χ3v) is 3.27. The fourth-order valence-electron chi connectivity index (χ4n) is 2.19. The highest BCUT2D eigenvalue weighted by Gasteiger charge is 2.23. The molecule has 1 aromatic carbocycles. The zero-order chi connectivity index (χ0) is 15.1. The van der Waals surface area contributed by atoms with Crippen LogP contribution in [-0.2, 0) is 9.59 Å². The summed E-state index contributed by atoms with van der Waals surface area (Å²) in [5.41, 5.74) is 0.777. The van der Waals surface area contributed by atoms with E-state index in [1.54, 1.807) is 7.05 Å². The lowest BCUT2D eigenvalue weighted by atomic mass is 9.98. The Balaban J connectivity index is 2.67. The van der Waals surface area contributed by atoms with Crippen molar-refractivity contribution in [1.82, 2.24) is 10.2 Å². The number of amides is 1. The second-order valence-electron chi connectivity index (χ2n) is 5.04. The van der Waals surface area contributed by atoms with Crippen LogP contribution in [0.5, 0.6) is 0 Å². The molecule has 0 spiro atoms. The molecule has 0 bridgehead atoms. The minimum Gasteiger partial charge on any atom is -0.481 e. The lowest BCUT2D eigenvalue weighted by molar-refractivity contribution is -0.139. The molecule has 0 radical (unpaired) electrons. The quantitative estimate of drug-likeness (QED) is 0.785. The molecule has 0 saturated carbocycles. The van der Waals surface area contributed by atoms with Gasteiger partial charge in [0.1, 0.15) is 0 Å². The van der Waals surface area contributed by atoms with Crippen LogP contribution in [0.15, 0.2) is 30.3 Å². The van der Waals surface area contributed by atoms with E-state index in [9.17, 15) is 14.7 Å². The average molecular weight is 278 g/mol. The molecule has 0 aliphatic heterocycles. The van der Waals surface area contributed by atoms with E-state index in [2.05, 4.69) is 5.32 Å². The number of hydrogen-bond donors (Lipinski definition) is 2. The van der Waals surface area contributed by atoms with E-state index in [1.807, 2.05) is 49.2 Å². The van der Waals surface area contributed by atoms with Crippen LogP contribution in [0.2, 0.25) is 0 Å². The highest BCUT2D eigenvalue weighted by molar-refractivity contribution is 5.78. The summed E-state index contributed by atoms with van der Waals surface area (Å²) in [5.74, 6) is -1.65. The average Bonchev–Trinajstić information content (AvgIpc) is 2.44.